The number of fused-ring (bicyclic) bond motifs is 1. The van der Waals surface area contributed by atoms with Gasteiger partial charge in [-0.15, -0.1) is 11.3 Å². The Morgan fingerprint density at radius 1 is 1.11 bits per heavy atom. The predicted octanol–water partition coefficient (Wildman–Crippen LogP) is 5.13. The average molecular weight is 507 g/mol. The maximum atomic E-state index is 13.7. The molecule has 2 heterocycles. The summed E-state index contributed by atoms with van der Waals surface area (Å²) in [5.74, 6) is 1.35. The average Bonchev–Trinajstić information content (AvgIpc) is 3.39. The zero-order valence-electron chi connectivity index (χ0n) is 21.2. The molecule has 0 saturated heterocycles. The lowest BCUT2D eigenvalue weighted by atomic mass is 10.00. The number of ether oxygens (including phenoxy) is 2. The van der Waals surface area contributed by atoms with Crippen LogP contribution in [-0.4, -0.2) is 54.5 Å². The fourth-order valence-electron chi connectivity index (χ4n) is 4.56. The first kappa shape index (κ1) is 25.8. The van der Waals surface area contributed by atoms with Gasteiger partial charge in [-0.2, -0.15) is 0 Å². The SMILES string of the molecule is CC[C@@H](C)N(CC(=O)N1CCc2sccc2[C@H]1COc1cccc(OC)c1)C(=O)Cc1ccccc1. The summed E-state index contributed by atoms with van der Waals surface area (Å²) in [7, 11) is 1.63. The molecule has 2 amide bonds. The predicted molar refractivity (Wildman–Crippen MR) is 143 cm³/mol. The summed E-state index contributed by atoms with van der Waals surface area (Å²) in [5, 5.41) is 2.08. The Morgan fingerprint density at radius 2 is 1.89 bits per heavy atom. The minimum Gasteiger partial charge on any atom is -0.497 e. The first-order valence-electron chi connectivity index (χ1n) is 12.5. The highest BCUT2D eigenvalue weighted by Gasteiger charge is 2.34. The molecule has 0 radical (unpaired) electrons. The van der Waals surface area contributed by atoms with E-state index in [4.69, 9.17) is 9.47 Å². The largest absolute Gasteiger partial charge is 0.497 e. The molecule has 1 aliphatic rings. The van der Waals surface area contributed by atoms with E-state index in [-0.39, 0.29) is 36.9 Å². The third-order valence-electron chi connectivity index (χ3n) is 6.81. The fraction of sp³-hybridized carbons (Fsp3) is 0.379. The second kappa shape index (κ2) is 12.1. The molecule has 3 aromatic rings. The Balaban J connectivity index is 1.51. The Kier molecular flexibility index (Phi) is 8.65. The van der Waals surface area contributed by atoms with Gasteiger partial charge in [0.25, 0.3) is 0 Å². The van der Waals surface area contributed by atoms with Gasteiger partial charge >= 0.3 is 0 Å². The van der Waals surface area contributed by atoms with Crippen LogP contribution in [0, 0.1) is 0 Å². The monoisotopic (exact) mass is 506 g/mol. The molecule has 0 fully saturated rings. The van der Waals surface area contributed by atoms with Crippen LogP contribution in [-0.2, 0) is 22.4 Å². The number of nitrogens with zero attached hydrogens (tertiary/aromatic N) is 2. The van der Waals surface area contributed by atoms with E-state index in [0.717, 1.165) is 29.7 Å². The first-order valence-corrected chi connectivity index (χ1v) is 13.3. The van der Waals surface area contributed by atoms with E-state index in [1.165, 1.54) is 4.88 Å². The van der Waals surface area contributed by atoms with Crippen molar-refractivity contribution in [1.29, 1.82) is 0 Å². The standard InChI is InChI=1S/C29H34N2O4S/c1-4-21(2)31(28(32)17-22-9-6-5-7-10-22)19-29(33)30-15-13-27-25(14-16-36-27)26(30)20-35-24-12-8-11-23(18-24)34-3/h5-12,14,16,18,21,26H,4,13,15,17,19-20H2,1-3H3/t21-,26-/m1/s1. The molecule has 2 atom stereocenters. The van der Waals surface area contributed by atoms with Crippen LogP contribution >= 0.6 is 11.3 Å². The zero-order chi connectivity index (χ0) is 25.5. The number of methoxy groups -OCH3 is 1. The molecule has 0 N–H and O–H groups in total. The van der Waals surface area contributed by atoms with Gasteiger partial charge in [-0.3, -0.25) is 9.59 Å². The van der Waals surface area contributed by atoms with Crippen molar-refractivity contribution in [3.63, 3.8) is 0 Å². The van der Waals surface area contributed by atoms with E-state index in [1.54, 1.807) is 23.3 Å². The van der Waals surface area contributed by atoms with Crippen LogP contribution in [0.15, 0.2) is 66.0 Å². The second-order valence-electron chi connectivity index (χ2n) is 9.08. The van der Waals surface area contributed by atoms with Gasteiger partial charge in [-0.1, -0.05) is 43.3 Å². The minimum absolute atomic E-state index is 0.0266. The van der Waals surface area contributed by atoms with Gasteiger partial charge in [0.15, 0.2) is 0 Å². The molecule has 2 aromatic carbocycles. The van der Waals surface area contributed by atoms with Crippen LogP contribution in [0.5, 0.6) is 11.5 Å². The number of hydrogen-bond acceptors (Lipinski definition) is 5. The third-order valence-corrected chi connectivity index (χ3v) is 7.81. The number of thiophene rings is 1. The van der Waals surface area contributed by atoms with E-state index < -0.39 is 0 Å². The highest BCUT2D eigenvalue weighted by Crippen LogP contribution is 2.34. The van der Waals surface area contributed by atoms with Gasteiger partial charge in [-0.05, 0) is 54.5 Å². The van der Waals surface area contributed by atoms with E-state index in [2.05, 4.69) is 11.4 Å². The Morgan fingerprint density at radius 3 is 2.64 bits per heavy atom. The maximum absolute atomic E-state index is 13.7. The van der Waals surface area contributed by atoms with Crippen LogP contribution in [0.4, 0.5) is 0 Å². The van der Waals surface area contributed by atoms with Crippen molar-refractivity contribution in [3.05, 3.63) is 82.0 Å². The summed E-state index contributed by atoms with van der Waals surface area (Å²) in [6.07, 6.45) is 1.88. The minimum atomic E-state index is -0.207. The molecule has 6 nitrogen and oxygen atoms in total. The summed E-state index contributed by atoms with van der Waals surface area (Å²) < 4.78 is 11.5. The quantitative estimate of drug-likeness (QED) is 0.383. The van der Waals surface area contributed by atoms with E-state index in [1.807, 2.05) is 73.3 Å². The summed E-state index contributed by atoms with van der Waals surface area (Å²) in [4.78, 5) is 31.9. The topological polar surface area (TPSA) is 59.1 Å². The summed E-state index contributed by atoms with van der Waals surface area (Å²) in [6, 6.07) is 19.0. The molecule has 0 bridgehead atoms. The van der Waals surface area contributed by atoms with E-state index in [0.29, 0.717) is 18.9 Å². The molecular formula is C29H34N2O4S. The van der Waals surface area contributed by atoms with Crippen molar-refractivity contribution in [2.75, 3.05) is 26.8 Å². The molecule has 0 unspecified atom stereocenters. The molecule has 0 aliphatic carbocycles. The van der Waals surface area contributed by atoms with Crippen LogP contribution < -0.4 is 9.47 Å². The van der Waals surface area contributed by atoms with Crippen LogP contribution in [0.3, 0.4) is 0 Å². The lowest BCUT2D eigenvalue weighted by Gasteiger charge is -2.38. The van der Waals surface area contributed by atoms with Crippen molar-refractivity contribution in [3.8, 4) is 11.5 Å². The summed E-state index contributed by atoms with van der Waals surface area (Å²) in [6.45, 7) is 5.06. The molecule has 1 aromatic heterocycles. The maximum Gasteiger partial charge on any atom is 0.242 e. The van der Waals surface area contributed by atoms with Gasteiger partial charge in [0, 0.05) is 23.5 Å². The van der Waals surface area contributed by atoms with Crippen LogP contribution in [0.2, 0.25) is 0 Å². The summed E-state index contributed by atoms with van der Waals surface area (Å²) >= 11 is 1.72. The smallest absolute Gasteiger partial charge is 0.242 e. The van der Waals surface area contributed by atoms with Crippen molar-refractivity contribution >= 4 is 23.2 Å². The molecular weight excluding hydrogens is 472 g/mol. The molecule has 190 valence electrons. The van der Waals surface area contributed by atoms with Crippen LogP contribution in [0.25, 0.3) is 0 Å². The van der Waals surface area contributed by atoms with Crippen molar-refractivity contribution in [2.45, 2.75) is 45.2 Å². The first-order chi connectivity index (χ1) is 17.5. The third kappa shape index (κ3) is 6.08. The Bertz CT molecular complexity index is 1160. The number of amides is 2. The van der Waals surface area contributed by atoms with Gasteiger partial charge in [0.1, 0.15) is 24.7 Å². The summed E-state index contributed by atoms with van der Waals surface area (Å²) in [5.41, 5.74) is 2.09. The Hall–Kier alpha value is -3.32. The fourth-order valence-corrected chi connectivity index (χ4v) is 5.49. The van der Waals surface area contributed by atoms with Gasteiger partial charge < -0.3 is 19.3 Å². The second-order valence-corrected chi connectivity index (χ2v) is 10.1. The van der Waals surface area contributed by atoms with E-state index in [9.17, 15) is 9.59 Å². The molecule has 36 heavy (non-hydrogen) atoms. The number of hydrogen-bond donors (Lipinski definition) is 0. The normalized spacial score (nSPS) is 15.6. The lowest BCUT2D eigenvalue weighted by Crippen LogP contribution is -2.50. The molecule has 4 rings (SSSR count). The van der Waals surface area contributed by atoms with Gasteiger partial charge in [-0.25, -0.2) is 0 Å². The van der Waals surface area contributed by atoms with E-state index >= 15 is 0 Å². The Labute approximate surface area is 217 Å². The number of carbonyl (C=O) groups excluding carboxylic acids is 2. The van der Waals surface area contributed by atoms with Gasteiger partial charge in [0.05, 0.1) is 19.6 Å². The van der Waals surface area contributed by atoms with Crippen molar-refractivity contribution in [1.82, 2.24) is 9.80 Å². The molecule has 7 heteroatoms. The zero-order valence-corrected chi connectivity index (χ0v) is 22.0. The highest BCUT2D eigenvalue weighted by molar-refractivity contribution is 7.10. The van der Waals surface area contributed by atoms with Crippen LogP contribution in [0.1, 0.15) is 42.3 Å². The van der Waals surface area contributed by atoms with Crippen molar-refractivity contribution in [2.24, 2.45) is 0 Å². The number of rotatable bonds is 10. The lowest BCUT2D eigenvalue weighted by molar-refractivity contribution is -0.144. The number of benzene rings is 2. The van der Waals surface area contributed by atoms with Gasteiger partial charge in [0.2, 0.25) is 11.8 Å². The highest BCUT2D eigenvalue weighted by atomic mass is 32.1. The molecule has 0 spiro atoms. The molecule has 0 saturated carbocycles. The molecule has 1 aliphatic heterocycles. The number of carbonyl (C=O) groups is 2. The van der Waals surface area contributed by atoms with Crippen molar-refractivity contribution < 1.29 is 19.1 Å².